The van der Waals surface area contributed by atoms with Gasteiger partial charge >= 0.3 is 0 Å². The normalized spacial score (nSPS) is 11.9. The van der Waals surface area contributed by atoms with Crippen molar-refractivity contribution in [2.75, 3.05) is 5.32 Å². The zero-order valence-corrected chi connectivity index (χ0v) is 11.2. The van der Waals surface area contributed by atoms with Crippen LogP contribution in [0.1, 0.15) is 34.6 Å². The molecule has 0 spiro atoms. The zero-order chi connectivity index (χ0) is 14.7. The Morgan fingerprint density at radius 1 is 1.40 bits per heavy atom. The van der Waals surface area contributed by atoms with Crippen LogP contribution in [0.5, 0.6) is 0 Å². The van der Waals surface area contributed by atoms with Crippen molar-refractivity contribution in [2.24, 2.45) is 5.73 Å². The first kappa shape index (κ1) is 13.9. The van der Waals surface area contributed by atoms with E-state index in [1.54, 1.807) is 25.5 Å². The van der Waals surface area contributed by atoms with Gasteiger partial charge in [-0.3, -0.25) is 14.8 Å². The molecule has 1 aromatic carbocycles. The van der Waals surface area contributed by atoms with Crippen molar-refractivity contribution in [2.45, 2.75) is 19.9 Å². The Hall–Kier alpha value is -2.50. The minimum absolute atomic E-state index is 0.127. The molecule has 0 radical (unpaired) electrons. The van der Waals surface area contributed by atoms with E-state index in [1.165, 1.54) is 6.07 Å². The Kier molecular flexibility index (Phi) is 3.93. The average molecular weight is 274 g/mol. The maximum absolute atomic E-state index is 13.8. The first-order valence-corrected chi connectivity index (χ1v) is 6.11. The van der Waals surface area contributed by atoms with Crippen LogP contribution in [-0.4, -0.2) is 15.9 Å². The highest BCUT2D eigenvalue weighted by atomic mass is 19.1. The van der Waals surface area contributed by atoms with E-state index in [0.717, 1.165) is 11.8 Å². The Morgan fingerprint density at radius 3 is 2.75 bits per heavy atom. The zero-order valence-electron chi connectivity index (χ0n) is 11.2. The molecule has 0 saturated carbocycles. The Labute approximate surface area is 116 Å². The molecule has 2 aromatic rings. The van der Waals surface area contributed by atoms with E-state index < -0.39 is 11.7 Å². The quantitative estimate of drug-likeness (QED) is 0.895. The van der Waals surface area contributed by atoms with Crippen molar-refractivity contribution in [1.82, 2.24) is 9.97 Å². The SMILES string of the molecule is Cc1c(F)cc(C(N)=O)cc1NC(C)c1cnccn1. The van der Waals surface area contributed by atoms with Crippen molar-refractivity contribution in [3.05, 3.63) is 53.4 Å². The average Bonchev–Trinajstić information content (AvgIpc) is 2.44. The molecule has 0 aliphatic heterocycles. The van der Waals surface area contributed by atoms with E-state index in [4.69, 9.17) is 5.73 Å². The van der Waals surface area contributed by atoms with Gasteiger partial charge in [0.25, 0.3) is 0 Å². The van der Waals surface area contributed by atoms with E-state index in [9.17, 15) is 9.18 Å². The fourth-order valence-electron chi connectivity index (χ4n) is 1.81. The minimum atomic E-state index is -0.667. The second kappa shape index (κ2) is 5.64. The largest absolute Gasteiger partial charge is 0.377 e. The molecular weight excluding hydrogens is 259 g/mol. The van der Waals surface area contributed by atoms with Crippen molar-refractivity contribution < 1.29 is 9.18 Å². The summed E-state index contributed by atoms with van der Waals surface area (Å²) >= 11 is 0. The standard InChI is InChI=1S/C14H15FN4O/c1-8-11(15)5-10(14(16)20)6-12(8)19-9(2)13-7-17-3-4-18-13/h3-7,9,19H,1-2H3,(H2,16,20). The minimum Gasteiger partial charge on any atom is -0.377 e. The number of halogens is 1. The van der Waals surface area contributed by atoms with Crippen molar-refractivity contribution in [3.8, 4) is 0 Å². The molecule has 5 nitrogen and oxygen atoms in total. The maximum Gasteiger partial charge on any atom is 0.248 e. The Bertz CT molecular complexity index is 631. The molecule has 1 unspecified atom stereocenters. The number of hydrogen-bond donors (Lipinski definition) is 2. The molecule has 3 N–H and O–H groups in total. The predicted molar refractivity (Wildman–Crippen MR) is 73.7 cm³/mol. The number of carbonyl (C=O) groups excluding carboxylic acids is 1. The molecule has 0 saturated heterocycles. The Balaban J connectivity index is 2.31. The summed E-state index contributed by atoms with van der Waals surface area (Å²) < 4.78 is 13.8. The van der Waals surface area contributed by atoms with Gasteiger partial charge in [-0.25, -0.2) is 4.39 Å². The van der Waals surface area contributed by atoms with Crippen LogP contribution in [0.25, 0.3) is 0 Å². The van der Waals surface area contributed by atoms with Gasteiger partial charge in [0.2, 0.25) is 5.91 Å². The second-order valence-electron chi connectivity index (χ2n) is 4.49. The van der Waals surface area contributed by atoms with E-state index in [-0.39, 0.29) is 11.6 Å². The van der Waals surface area contributed by atoms with E-state index >= 15 is 0 Å². The van der Waals surface area contributed by atoms with E-state index in [0.29, 0.717) is 11.3 Å². The molecule has 1 atom stereocenters. The van der Waals surface area contributed by atoms with Crippen LogP contribution >= 0.6 is 0 Å². The van der Waals surface area contributed by atoms with Gasteiger partial charge in [0, 0.05) is 29.2 Å². The molecule has 1 aromatic heterocycles. The lowest BCUT2D eigenvalue weighted by atomic mass is 10.1. The van der Waals surface area contributed by atoms with Crippen molar-refractivity contribution in [3.63, 3.8) is 0 Å². The summed E-state index contributed by atoms with van der Waals surface area (Å²) in [6.07, 6.45) is 4.79. The molecule has 0 aliphatic carbocycles. The first-order chi connectivity index (χ1) is 9.49. The first-order valence-electron chi connectivity index (χ1n) is 6.11. The van der Waals surface area contributed by atoms with E-state index in [1.807, 2.05) is 6.92 Å². The summed E-state index contributed by atoms with van der Waals surface area (Å²) in [4.78, 5) is 19.3. The van der Waals surface area contributed by atoms with Gasteiger partial charge in [0.1, 0.15) is 5.82 Å². The lowest BCUT2D eigenvalue weighted by Gasteiger charge is -2.17. The fraction of sp³-hybridized carbons (Fsp3) is 0.214. The van der Waals surface area contributed by atoms with Crippen LogP contribution in [0.2, 0.25) is 0 Å². The molecule has 0 fully saturated rings. The number of amides is 1. The summed E-state index contributed by atoms with van der Waals surface area (Å²) in [5.74, 6) is -1.14. The number of nitrogens with two attached hydrogens (primary N) is 1. The highest BCUT2D eigenvalue weighted by Crippen LogP contribution is 2.24. The molecule has 1 amide bonds. The van der Waals surface area contributed by atoms with Crippen LogP contribution in [0.4, 0.5) is 10.1 Å². The summed E-state index contributed by atoms with van der Waals surface area (Å²) in [6.45, 7) is 3.50. The highest BCUT2D eigenvalue weighted by molar-refractivity contribution is 5.94. The smallest absolute Gasteiger partial charge is 0.248 e. The predicted octanol–water partition coefficient (Wildman–Crippen LogP) is 2.20. The van der Waals surface area contributed by atoms with Crippen LogP contribution in [-0.2, 0) is 0 Å². The molecule has 104 valence electrons. The molecule has 6 heteroatoms. The number of nitrogens with zero attached hydrogens (tertiary/aromatic N) is 2. The van der Waals surface area contributed by atoms with Gasteiger partial charge in [-0.05, 0) is 26.0 Å². The summed E-state index contributed by atoms with van der Waals surface area (Å²) in [5.41, 5.74) is 6.97. The Morgan fingerprint density at radius 2 is 2.15 bits per heavy atom. The molecular formula is C14H15FN4O. The third kappa shape index (κ3) is 2.90. The number of nitrogens with one attached hydrogen (secondary N) is 1. The van der Waals surface area contributed by atoms with Crippen molar-refractivity contribution >= 4 is 11.6 Å². The summed E-state index contributed by atoms with van der Waals surface area (Å²) in [7, 11) is 0. The third-order valence-corrected chi connectivity index (χ3v) is 3.03. The van der Waals surface area contributed by atoms with Gasteiger partial charge in [0.15, 0.2) is 0 Å². The van der Waals surface area contributed by atoms with Gasteiger partial charge in [0.05, 0.1) is 17.9 Å². The number of anilines is 1. The monoisotopic (exact) mass is 274 g/mol. The van der Waals surface area contributed by atoms with Gasteiger partial charge in [-0.1, -0.05) is 0 Å². The number of benzene rings is 1. The van der Waals surface area contributed by atoms with Gasteiger partial charge in [-0.2, -0.15) is 0 Å². The number of hydrogen-bond acceptors (Lipinski definition) is 4. The van der Waals surface area contributed by atoms with Crippen molar-refractivity contribution in [1.29, 1.82) is 0 Å². The van der Waals surface area contributed by atoms with Crippen LogP contribution in [0.15, 0.2) is 30.7 Å². The van der Waals surface area contributed by atoms with Gasteiger partial charge < -0.3 is 11.1 Å². The molecule has 20 heavy (non-hydrogen) atoms. The maximum atomic E-state index is 13.8. The summed E-state index contributed by atoms with van der Waals surface area (Å²) in [5, 5.41) is 3.11. The lowest BCUT2D eigenvalue weighted by Crippen LogP contribution is -2.14. The second-order valence-corrected chi connectivity index (χ2v) is 4.49. The van der Waals surface area contributed by atoms with Crippen LogP contribution in [0.3, 0.4) is 0 Å². The fourth-order valence-corrected chi connectivity index (χ4v) is 1.81. The number of aromatic nitrogens is 2. The van der Waals surface area contributed by atoms with Gasteiger partial charge in [-0.15, -0.1) is 0 Å². The lowest BCUT2D eigenvalue weighted by molar-refractivity contribution is 0.1000. The third-order valence-electron chi connectivity index (χ3n) is 3.03. The highest BCUT2D eigenvalue weighted by Gasteiger charge is 2.13. The molecule has 2 rings (SSSR count). The topological polar surface area (TPSA) is 80.9 Å². The van der Waals surface area contributed by atoms with Crippen LogP contribution in [0, 0.1) is 12.7 Å². The number of primary amides is 1. The number of carbonyl (C=O) groups is 1. The molecule has 0 bridgehead atoms. The number of rotatable bonds is 4. The summed E-state index contributed by atoms with van der Waals surface area (Å²) in [6, 6.07) is 2.49. The van der Waals surface area contributed by atoms with E-state index in [2.05, 4.69) is 15.3 Å². The molecule has 1 heterocycles. The molecule has 0 aliphatic rings. The van der Waals surface area contributed by atoms with Crippen LogP contribution < -0.4 is 11.1 Å².